The zero-order valence-electron chi connectivity index (χ0n) is 20.6. The summed E-state index contributed by atoms with van der Waals surface area (Å²) in [6.07, 6.45) is 3.80. The van der Waals surface area contributed by atoms with Crippen LogP contribution in [-0.4, -0.2) is 39.6 Å². The molecule has 1 aliphatic rings. The largest absolute Gasteiger partial charge is 0.494 e. The van der Waals surface area contributed by atoms with E-state index in [-0.39, 0.29) is 24.9 Å². The number of imidazole rings is 1. The van der Waals surface area contributed by atoms with Crippen LogP contribution in [0, 0.1) is 11.3 Å². The average molecular weight is 508 g/mol. The van der Waals surface area contributed by atoms with E-state index in [9.17, 15) is 14.9 Å². The van der Waals surface area contributed by atoms with Crippen molar-refractivity contribution in [2.24, 2.45) is 7.05 Å². The van der Waals surface area contributed by atoms with Crippen molar-refractivity contribution in [3.05, 3.63) is 64.1 Å². The normalized spacial score (nSPS) is 13.4. The Bertz CT molecular complexity index is 1290. The van der Waals surface area contributed by atoms with Gasteiger partial charge in [0.1, 0.15) is 22.6 Å². The summed E-state index contributed by atoms with van der Waals surface area (Å²) in [5.41, 5.74) is 2.34. The van der Waals surface area contributed by atoms with Crippen LogP contribution < -0.4 is 10.1 Å². The Morgan fingerprint density at radius 2 is 2.14 bits per heavy atom. The number of hydrogen-bond donors (Lipinski definition) is 1. The summed E-state index contributed by atoms with van der Waals surface area (Å²) >= 11 is 1.34. The minimum Gasteiger partial charge on any atom is -0.494 e. The first-order valence-electron chi connectivity index (χ1n) is 11.8. The van der Waals surface area contributed by atoms with Crippen molar-refractivity contribution in [1.29, 1.82) is 5.26 Å². The first-order valence-corrected chi connectivity index (χ1v) is 12.7. The average Bonchev–Trinajstić information content (AvgIpc) is 3.44. The molecule has 36 heavy (non-hydrogen) atoms. The number of fused-ring (bicyclic) bond motifs is 1. The Labute approximate surface area is 214 Å². The van der Waals surface area contributed by atoms with Crippen LogP contribution in [0.5, 0.6) is 5.75 Å². The summed E-state index contributed by atoms with van der Waals surface area (Å²) < 4.78 is 12.9. The third-order valence-corrected chi connectivity index (χ3v) is 7.30. The summed E-state index contributed by atoms with van der Waals surface area (Å²) in [5.74, 6) is 1.21. The van der Waals surface area contributed by atoms with Gasteiger partial charge in [0.15, 0.2) is 6.61 Å². The molecule has 0 saturated heterocycles. The number of carbonyl (C=O) groups excluding carboxylic acids is 2. The fourth-order valence-corrected chi connectivity index (χ4v) is 5.49. The molecule has 0 spiro atoms. The van der Waals surface area contributed by atoms with Crippen LogP contribution in [0.2, 0.25) is 0 Å². The second-order valence-electron chi connectivity index (χ2n) is 8.62. The highest BCUT2D eigenvalue weighted by Gasteiger charge is 2.29. The van der Waals surface area contributed by atoms with Crippen LogP contribution >= 0.6 is 11.3 Å². The van der Waals surface area contributed by atoms with E-state index in [0.29, 0.717) is 42.5 Å². The summed E-state index contributed by atoms with van der Waals surface area (Å²) in [5, 5.41) is 13.3. The molecular formula is C26H29N5O4S. The lowest BCUT2D eigenvalue weighted by Crippen LogP contribution is -2.36. The number of nitriles is 1. The van der Waals surface area contributed by atoms with Crippen LogP contribution in [0.25, 0.3) is 0 Å². The first-order chi connectivity index (χ1) is 17.4. The van der Waals surface area contributed by atoms with Crippen molar-refractivity contribution in [3.8, 4) is 11.8 Å². The zero-order valence-corrected chi connectivity index (χ0v) is 21.4. The third-order valence-electron chi connectivity index (χ3n) is 6.17. The highest BCUT2D eigenvalue weighted by molar-refractivity contribution is 7.16. The van der Waals surface area contributed by atoms with Gasteiger partial charge >= 0.3 is 6.09 Å². The lowest BCUT2D eigenvalue weighted by molar-refractivity contribution is -0.116. The van der Waals surface area contributed by atoms with Crippen molar-refractivity contribution in [1.82, 2.24) is 14.5 Å². The van der Waals surface area contributed by atoms with Gasteiger partial charge in [0.25, 0.3) is 0 Å². The molecule has 1 N–H and O–H groups in total. The Balaban J connectivity index is 1.40. The number of amides is 2. The maximum atomic E-state index is 12.9. The predicted molar refractivity (Wildman–Crippen MR) is 136 cm³/mol. The molecule has 3 aromatic rings. The van der Waals surface area contributed by atoms with Gasteiger partial charge in [-0.1, -0.05) is 25.1 Å². The number of carbonyl (C=O) groups is 2. The molecule has 3 heterocycles. The van der Waals surface area contributed by atoms with Crippen LogP contribution in [0.3, 0.4) is 0 Å². The quantitative estimate of drug-likeness (QED) is 0.478. The van der Waals surface area contributed by atoms with Crippen molar-refractivity contribution >= 4 is 28.3 Å². The Morgan fingerprint density at radius 3 is 2.86 bits per heavy atom. The minimum atomic E-state index is -0.428. The van der Waals surface area contributed by atoms with Gasteiger partial charge in [-0.3, -0.25) is 4.79 Å². The lowest BCUT2D eigenvalue weighted by atomic mass is 9.96. The van der Waals surface area contributed by atoms with Crippen molar-refractivity contribution in [2.45, 2.75) is 45.8 Å². The molecule has 2 amide bonds. The predicted octanol–water partition coefficient (Wildman–Crippen LogP) is 4.58. The molecule has 0 radical (unpaired) electrons. The van der Waals surface area contributed by atoms with E-state index in [4.69, 9.17) is 9.47 Å². The van der Waals surface area contributed by atoms with Crippen LogP contribution in [0.4, 0.5) is 9.80 Å². The van der Waals surface area contributed by atoms with E-state index >= 15 is 0 Å². The van der Waals surface area contributed by atoms with Gasteiger partial charge in [-0.15, -0.1) is 11.3 Å². The van der Waals surface area contributed by atoms with Crippen molar-refractivity contribution in [2.75, 3.05) is 18.5 Å². The number of para-hydroxylation sites is 1. The SMILES string of the molecule is CCOc1ccccc1C(C)CC(=O)Nc1sc2c(c1C#N)CCN(C(=O)OCc1nccn1C)C2. The fraction of sp³-hybridized carbons (Fsp3) is 0.385. The summed E-state index contributed by atoms with van der Waals surface area (Å²) in [6, 6.07) is 9.96. The topological polar surface area (TPSA) is 109 Å². The van der Waals surface area contributed by atoms with E-state index < -0.39 is 6.09 Å². The summed E-state index contributed by atoms with van der Waals surface area (Å²) in [4.78, 5) is 32.2. The van der Waals surface area contributed by atoms with Crippen LogP contribution in [-0.2, 0) is 36.2 Å². The lowest BCUT2D eigenvalue weighted by Gasteiger charge is -2.26. The van der Waals surface area contributed by atoms with Gasteiger partial charge in [0.05, 0.1) is 18.7 Å². The highest BCUT2D eigenvalue weighted by Crippen LogP contribution is 2.37. The Morgan fingerprint density at radius 1 is 1.33 bits per heavy atom. The van der Waals surface area contributed by atoms with Gasteiger partial charge in [-0.05, 0) is 36.5 Å². The van der Waals surface area contributed by atoms with E-state index in [0.717, 1.165) is 21.8 Å². The monoisotopic (exact) mass is 507 g/mol. The van der Waals surface area contributed by atoms with Gasteiger partial charge in [0.2, 0.25) is 5.91 Å². The van der Waals surface area contributed by atoms with E-state index in [1.54, 1.807) is 21.9 Å². The number of hydrogen-bond acceptors (Lipinski definition) is 7. The molecule has 1 atom stereocenters. The van der Waals surface area contributed by atoms with E-state index in [2.05, 4.69) is 16.4 Å². The third kappa shape index (κ3) is 5.52. The molecule has 9 nitrogen and oxygen atoms in total. The van der Waals surface area contributed by atoms with Crippen LogP contribution in [0.15, 0.2) is 36.7 Å². The fourth-order valence-electron chi connectivity index (χ4n) is 4.26. The second-order valence-corrected chi connectivity index (χ2v) is 9.73. The summed E-state index contributed by atoms with van der Waals surface area (Å²) in [7, 11) is 1.84. The number of anilines is 1. The van der Waals surface area contributed by atoms with Crippen LogP contribution in [0.1, 0.15) is 53.6 Å². The van der Waals surface area contributed by atoms with Gasteiger partial charge < -0.3 is 24.3 Å². The van der Waals surface area contributed by atoms with E-state index in [1.165, 1.54) is 11.3 Å². The van der Waals surface area contributed by atoms with Crippen molar-refractivity contribution < 1.29 is 19.1 Å². The molecule has 1 aromatic carbocycles. The zero-order chi connectivity index (χ0) is 25.7. The molecule has 188 valence electrons. The smallest absolute Gasteiger partial charge is 0.410 e. The number of thiophene rings is 1. The number of aromatic nitrogens is 2. The molecule has 2 aromatic heterocycles. The minimum absolute atomic E-state index is 0.0585. The summed E-state index contributed by atoms with van der Waals surface area (Å²) in [6.45, 7) is 5.33. The molecule has 0 saturated carbocycles. The Kier molecular flexibility index (Phi) is 7.90. The molecule has 10 heteroatoms. The molecule has 1 unspecified atom stereocenters. The second kappa shape index (κ2) is 11.3. The highest BCUT2D eigenvalue weighted by atomic mass is 32.1. The van der Waals surface area contributed by atoms with Gasteiger partial charge in [-0.25, -0.2) is 9.78 Å². The molecule has 4 rings (SSSR count). The molecule has 0 bridgehead atoms. The number of nitrogens with zero attached hydrogens (tertiary/aromatic N) is 4. The number of aryl methyl sites for hydroxylation is 1. The van der Waals surface area contributed by atoms with Gasteiger partial charge in [-0.2, -0.15) is 5.26 Å². The van der Waals surface area contributed by atoms with Crippen molar-refractivity contribution in [3.63, 3.8) is 0 Å². The standard InChI is InChI=1S/C26H29N5O4S/c1-4-34-21-8-6-5-7-18(21)17(2)13-24(32)29-25-20(14-27)19-9-11-31(15-22(19)36-25)26(33)35-16-23-28-10-12-30(23)3/h5-8,10,12,17H,4,9,11,13,15-16H2,1-3H3,(H,29,32). The molecule has 1 aliphatic heterocycles. The first kappa shape index (κ1) is 25.3. The molecule has 0 fully saturated rings. The van der Waals surface area contributed by atoms with Gasteiger partial charge in [0, 0.05) is 37.3 Å². The van der Waals surface area contributed by atoms with E-state index in [1.807, 2.05) is 45.2 Å². The maximum Gasteiger partial charge on any atom is 0.410 e. The molecular weight excluding hydrogens is 478 g/mol. The molecule has 0 aliphatic carbocycles. The number of rotatable bonds is 8. The number of ether oxygens (including phenoxy) is 2. The number of benzene rings is 1. The Hall–Kier alpha value is -3.84. The number of nitrogens with one attached hydrogen (secondary N) is 1. The maximum absolute atomic E-state index is 12.9.